The number of benzene rings is 2. The lowest BCUT2D eigenvalue weighted by Crippen LogP contribution is -2.42. The summed E-state index contributed by atoms with van der Waals surface area (Å²) in [7, 11) is 0. The van der Waals surface area contributed by atoms with Gasteiger partial charge in [-0.2, -0.15) is 0 Å². The Balaban J connectivity index is 1.45. The highest BCUT2D eigenvalue weighted by Gasteiger charge is 2.27. The van der Waals surface area contributed by atoms with Crippen LogP contribution in [-0.2, 0) is 4.79 Å². The highest BCUT2D eigenvalue weighted by molar-refractivity contribution is 9.10. The Labute approximate surface area is 183 Å². The Kier molecular flexibility index (Phi) is 6.67. The number of hydrogen-bond acceptors (Lipinski definition) is 5. The maximum atomic E-state index is 13.1. The van der Waals surface area contributed by atoms with Gasteiger partial charge in [0.1, 0.15) is 0 Å². The molecule has 1 saturated carbocycles. The molecule has 0 unspecified atom stereocenters. The molecule has 7 heteroatoms. The van der Waals surface area contributed by atoms with Gasteiger partial charge in [0.2, 0.25) is 11.8 Å². The Bertz CT molecular complexity index is 957. The zero-order chi connectivity index (χ0) is 20.1. The monoisotopic (exact) mass is 471 g/mol. The number of thioether (sulfide) groups is 1. The number of amides is 1. The van der Waals surface area contributed by atoms with Crippen molar-refractivity contribution in [2.24, 2.45) is 0 Å². The Hall–Kier alpha value is -2.12. The van der Waals surface area contributed by atoms with Gasteiger partial charge in [0.15, 0.2) is 0 Å². The molecule has 0 radical (unpaired) electrons. The SMILES string of the molecule is O=C(CSc1nnc(-c2cccc(Br)c2)o1)N(c1ccccc1)C1CCCCC1. The molecular formula is C22H22BrN3O2S. The molecule has 29 heavy (non-hydrogen) atoms. The number of anilines is 1. The lowest BCUT2D eigenvalue weighted by atomic mass is 9.93. The van der Waals surface area contributed by atoms with Gasteiger partial charge in [-0.15, -0.1) is 10.2 Å². The van der Waals surface area contributed by atoms with Crippen molar-refractivity contribution >= 4 is 39.3 Å². The van der Waals surface area contributed by atoms with Crippen LogP contribution in [0.15, 0.2) is 68.7 Å². The van der Waals surface area contributed by atoms with E-state index in [1.807, 2.05) is 59.5 Å². The fraction of sp³-hybridized carbons (Fsp3) is 0.318. The predicted octanol–water partition coefficient (Wildman–Crippen LogP) is 5.96. The molecule has 5 nitrogen and oxygen atoms in total. The molecule has 1 heterocycles. The minimum Gasteiger partial charge on any atom is -0.411 e. The van der Waals surface area contributed by atoms with Crippen molar-refractivity contribution in [1.82, 2.24) is 10.2 Å². The van der Waals surface area contributed by atoms with Gasteiger partial charge in [0, 0.05) is 21.8 Å². The summed E-state index contributed by atoms with van der Waals surface area (Å²) in [4.78, 5) is 15.1. The van der Waals surface area contributed by atoms with Gasteiger partial charge in [0.25, 0.3) is 5.22 Å². The second-order valence-electron chi connectivity index (χ2n) is 7.06. The van der Waals surface area contributed by atoms with Gasteiger partial charge in [-0.05, 0) is 43.2 Å². The first kappa shape index (κ1) is 20.2. The second kappa shape index (κ2) is 9.59. The Morgan fingerprint density at radius 2 is 1.86 bits per heavy atom. The smallest absolute Gasteiger partial charge is 0.277 e. The van der Waals surface area contributed by atoms with Gasteiger partial charge in [-0.3, -0.25) is 4.79 Å². The fourth-order valence-electron chi connectivity index (χ4n) is 3.69. The summed E-state index contributed by atoms with van der Waals surface area (Å²) in [6, 6.07) is 17.9. The third kappa shape index (κ3) is 5.08. The zero-order valence-corrected chi connectivity index (χ0v) is 18.4. The Morgan fingerprint density at radius 3 is 2.62 bits per heavy atom. The number of aromatic nitrogens is 2. The highest BCUT2D eigenvalue weighted by Crippen LogP contribution is 2.30. The molecule has 150 valence electrons. The number of halogens is 1. The van der Waals surface area contributed by atoms with Crippen molar-refractivity contribution in [2.45, 2.75) is 43.4 Å². The van der Waals surface area contributed by atoms with Gasteiger partial charge in [-0.25, -0.2) is 0 Å². The van der Waals surface area contributed by atoms with Crippen LogP contribution in [0.25, 0.3) is 11.5 Å². The molecule has 2 aromatic carbocycles. The van der Waals surface area contributed by atoms with E-state index in [0.29, 0.717) is 11.1 Å². The average molecular weight is 472 g/mol. The minimum absolute atomic E-state index is 0.0790. The zero-order valence-electron chi connectivity index (χ0n) is 16.0. The van der Waals surface area contributed by atoms with Crippen LogP contribution < -0.4 is 4.90 Å². The first-order valence-electron chi connectivity index (χ1n) is 9.80. The van der Waals surface area contributed by atoms with Crippen LogP contribution in [0.3, 0.4) is 0 Å². The van der Waals surface area contributed by atoms with Crippen LogP contribution in [0.2, 0.25) is 0 Å². The lowest BCUT2D eigenvalue weighted by molar-refractivity contribution is -0.116. The molecule has 4 rings (SSSR count). The molecule has 1 aliphatic rings. The molecular weight excluding hydrogens is 450 g/mol. The molecule has 1 aliphatic carbocycles. The molecule has 0 saturated heterocycles. The van der Waals surface area contributed by atoms with Crippen LogP contribution in [0, 0.1) is 0 Å². The summed E-state index contributed by atoms with van der Waals surface area (Å²) in [5.41, 5.74) is 1.81. The largest absolute Gasteiger partial charge is 0.411 e. The summed E-state index contributed by atoms with van der Waals surface area (Å²) < 4.78 is 6.70. The maximum absolute atomic E-state index is 13.1. The number of carbonyl (C=O) groups excluding carboxylic acids is 1. The first-order valence-corrected chi connectivity index (χ1v) is 11.6. The third-order valence-electron chi connectivity index (χ3n) is 5.04. The quantitative estimate of drug-likeness (QED) is 0.415. The van der Waals surface area contributed by atoms with Crippen molar-refractivity contribution in [3.8, 4) is 11.5 Å². The van der Waals surface area contributed by atoms with E-state index in [0.717, 1.165) is 28.6 Å². The van der Waals surface area contributed by atoms with Crippen LogP contribution in [0.4, 0.5) is 5.69 Å². The van der Waals surface area contributed by atoms with E-state index in [9.17, 15) is 4.79 Å². The molecule has 0 aliphatic heterocycles. The Morgan fingerprint density at radius 1 is 1.07 bits per heavy atom. The van der Waals surface area contributed by atoms with Gasteiger partial charge >= 0.3 is 0 Å². The molecule has 1 fully saturated rings. The predicted molar refractivity (Wildman–Crippen MR) is 119 cm³/mol. The third-order valence-corrected chi connectivity index (χ3v) is 6.34. The van der Waals surface area contributed by atoms with Crippen molar-refractivity contribution in [3.05, 3.63) is 59.1 Å². The first-order chi connectivity index (χ1) is 14.2. The average Bonchev–Trinajstić information content (AvgIpc) is 3.23. The number of rotatable bonds is 6. The number of nitrogens with zero attached hydrogens (tertiary/aromatic N) is 3. The minimum atomic E-state index is 0.0790. The van der Waals surface area contributed by atoms with Crippen molar-refractivity contribution < 1.29 is 9.21 Å². The van der Waals surface area contributed by atoms with E-state index in [1.54, 1.807) is 0 Å². The highest BCUT2D eigenvalue weighted by atomic mass is 79.9. The molecule has 3 aromatic rings. The molecule has 0 atom stereocenters. The number of hydrogen-bond donors (Lipinski definition) is 0. The maximum Gasteiger partial charge on any atom is 0.277 e. The summed E-state index contributed by atoms with van der Waals surface area (Å²) in [6.07, 6.45) is 5.71. The summed E-state index contributed by atoms with van der Waals surface area (Å²) in [6.45, 7) is 0. The van der Waals surface area contributed by atoms with E-state index in [-0.39, 0.29) is 17.7 Å². The second-order valence-corrected chi connectivity index (χ2v) is 8.91. The summed E-state index contributed by atoms with van der Waals surface area (Å²) >= 11 is 4.74. The van der Waals surface area contributed by atoms with E-state index < -0.39 is 0 Å². The summed E-state index contributed by atoms with van der Waals surface area (Å²) in [5, 5.41) is 8.62. The van der Waals surface area contributed by atoms with Crippen LogP contribution in [0.5, 0.6) is 0 Å². The van der Waals surface area contributed by atoms with E-state index in [4.69, 9.17) is 4.42 Å². The van der Waals surface area contributed by atoms with E-state index >= 15 is 0 Å². The van der Waals surface area contributed by atoms with Crippen molar-refractivity contribution in [1.29, 1.82) is 0 Å². The molecule has 0 bridgehead atoms. The molecule has 1 amide bonds. The molecule has 0 N–H and O–H groups in total. The standard InChI is InChI=1S/C22H22BrN3O2S/c23-17-9-7-8-16(14-17)21-24-25-22(28-21)29-15-20(27)26(18-10-3-1-4-11-18)19-12-5-2-6-13-19/h1,3-4,7-11,14,19H,2,5-6,12-13,15H2. The van der Waals surface area contributed by atoms with Crippen LogP contribution in [-0.4, -0.2) is 27.9 Å². The molecule has 1 aromatic heterocycles. The topological polar surface area (TPSA) is 59.2 Å². The number of carbonyl (C=O) groups is 1. The van der Waals surface area contributed by atoms with E-state index in [1.165, 1.54) is 31.0 Å². The van der Waals surface area contributed by atoms with Crippen molar-refractivity contribution in [3.63, 3.8) is 0 Å². The van der Waals surface area contributed by atoms with Crippen LogP contribution >= 0.6 is 27.7 Å². The lowest BCUT2D eigenvalue weighted by Gasteiger charge is -2.34. The van der Waals surface area contributed by atoms with Gasteiger partial charge in [0.05, 0.1) is 5.75 Å². The van der Waals surface area contributed by atoms with E-state index in [2.05, 4.69) is 26.1 Å². The van der Waals surface area contributed by atoms with Crippen LogP contribution in [0.1, 0.15) is 32.1 Å². The van der Waals surface area contributed by atoms with Gasteiger partial charge in [-0.1, -0.05) is 71.2 Å². The fourth-order valence-corrected chi connectivity index (χ4v) is 4.71. The molecule has 0 spiro atoms. The normalized spacial score (nSPS) is 14.7. The van der Waals surface area contributed by atoms with Gasteiger partial charge < -0.3 is 9.32 Å². The number of para-hydroxylation sites is 1. The summed E-state index contributed by atoms with van der Waals surface area (Å²) in [5.74, 6) is 0.801. The van der Waals surface area contributed by atoms with Crippen molar-refractivity contribution in [2.75, 3.05) is 10.7 Å².